The molecule has 2 N–H and O–H groups in total. The number of hydrogen-bond acceptors (Lipinski definition) is 5. The molecule has 0 saturated heterocycles. The molecule has 0 aliphatic carbocycles. The predicted molar refractivity (Wildman–Crippen MR) is 132 cm³/mol. The Balaban J connectivity index is 1.67. The van der Waals surface area contributed by atoms with Crippen LogP contribution in [0.25, 0.3) is 21.9 Å². The normalized spacial score (nSPS) is 11.6. The molecule has 1 unspecified atom stereocenters. The number of carbonyl (C=O) groups is 3. The number of aromatic nitrogens is 1. The van der Waals surface area contributed by atoms with Gasteiger partial charge in [-0.2, -0.15) is 0 Å². The molecule has 0 spiro atoms. The molecule has 0 aliphatic rings. The van der Waals surface area contributed by atoms with Crippen LogP contribution in [0, 0.1) is 0 Å². The Morgan fingerprint density at radius 3 is 2.11 bits per heavy atom. The zero-order valence-electron chi connectivity index (χ0n) is 19.0. The first kappa shape index (κ1) is 23.4. The van der Waals surface area contributed by atoms with Crippen LogP contribution in [0.4, 0.5) is 5.69 Å². The molecule has 1 aromatic heterocycles. The van der Waals surface area contributed by atoms with Crippen LogP contribution in [0.2, 0.25) is 0 Å². The number of esters is 1. The topological polar surface area (TPSA) is 115 Å². The number of hydrogen-bond donors (Lipinski definition) is 2. The van der Waals surface area contributed by atoms with Crippen LogP contribution in [0.3, 0.4) is 0 Å². The molecule has 0 bridgehead atoms. The summed E-state index contributed by atoms with van der Waals surface area (Å²) in [5, 5.41) is 12.6. The number of carbonyl (C=O) groups excluding carboxylic acids is 2. The summed E-state index contributed by atoms with van der Waals surface area (Å²) < 4.78 is 6.71. The van der Waals surface area contributed by atoms with Crippen LogP contribution in [0.1, 0.15) is 27.8 Å². The molecular weight excluding hydrogens is 448 g/mol. The summed E-state index contributed by atoms with van der Waals surface area (Å²) >= 11 is 0. The Labute approximate surface area is 200 Å². The standard InChI is InChI=1S/C27H22N2O6/c1-16(24(30)28-19-14-12-18(13-15-19)26(32)33)35-27(34)23-22(17-8-4-3-5-9-17)20-10-6-7-11-21(20)25(31)29(23)2/h3-16H,1-2H3,(H,28,30)(H,32,33). The molecule has 0 fully saturated rings. The van der Waals surface area contributed by atoms with E-state index in [1.54, 1.807) is 24.3 Å². The molecule has 0 radical (unpaired) electrons. The highest BCUT2D eigenvalue weighted by Gasteiger charge is 2.26. The Kier molecular flexibility index (Phi) is 6.46. The summed E-state index contributed by atoms with van der Waals surface area (Å²) in [5.41, 5.74) is 1.36. The van der Waals surface area contributed by atoms with E-state index in [0.29, 0.717) is 22.0 Å². The average molecular weight is 470 g/mol. The van der Waals surface area contributed by atoms with Gasteiger partial charge in [-0.25, -0.2) is 9.59 Å². The summed E-state index contributed by atoms with van der Waals surface area (Å²) in [4.78, 5) is 50.0. The van der Waals surface area contributed by atoms with Crippen molar-refractivity contribution in [3.63, 3.8) is 0 Å². The van der Waals surface area contributed by atoms with E-state index < -0.39 is 23.9 Å². The number of benzene rings is 3. The third kappa shape index (κ3) is 4.67. The van der Waals surface area contributed by atoms with Gasteiger partial charge in [0.25, 0.3) is 11.5 Å². The lowest BCUT2D eigenvalue weighted by Gasteiger charge is -2.19. The van der Waals surface area contributed by atoms with Crippen LogP contribution >= 0.6 is 0 Å². The SMILES string of the molecule is CC(OC(=O)c1c(-c2ccccc2)c2ccccc2c(=O)n1C)C(=O)Nc1ccc(C(=O)O)cc1. The minimum absolute atomic E-state index is 0.0327. The van der Waals surface area contributed by atoms with Crippen molar-refractivity contribution in [3.05, 3.63) is 100 Å². The highest BCUT2D eigenvalue weighted by Crippen LogP contribution is 2.31. The lowest BCUT2D eigenvalue weighted by molar-refractivity contribution is -0.123. The minimum atomic E-state index is -1.19. The van der Waals surface area contributed by atoms with E-state index in [1.807, 2.05) is 30.3 Å². The van der Waals surface area contributed by atoms with E-state index in [1.165, 1.54) is 42.8 Å². The quantitative estimate of drug-likeness (QED) is 0.410. The van der Waals surface area contributed by atoms with Crippen molar-refractivity contribution in [3.8, 4) is 11.1 Å². The van der Waals surface area contributed by atoms with Crippen molar-refractivity contribution in [2.24, 2.45) is 7.05 Å². The first-order valence-corrected chi connectivity index (χ1v) is 10.8. The lowest BCUT2D eigenvalue weighted by atomic mass is 9.97. The molecule has 4 rings (SSSR count). The summed E-state index contributed by atoms with van der Waals surface area (Å²) in [5.74, 6) is -2.51. The maximum atomic E-state index is 13.3. The molecule has 1 heterocycles. The first-order valence-electron chi connectivity index (χ1n) is 10.8. The molecule has 8 heteroatoms. The fourth-order valence-corrected chi connectivity index (χ4v) is 3.81. The first-order chi connectivity index (χ1) is 16.8. The van der Waals surface area contributed by atoms with Crippen molar-refractivity contribution < 1.29 is 24.2 Å². The number of rotatable bonds is 6. The zero-order valence-corrected chi connectivity index (χ0v) is 19.0. The minimum Gasteiger partial charge on any atom is -0.478 e. The van der Waals surface area contributed by atoms with Crippen molar-refractivity contribution in [1.29, 1.82) is 0 Å². The van der Waals surface area contributed by atoms with Gasteiger partial charge >= 0.3 is 11.9 Å². The number of nitrogens with one attached hydrogen (secondary N) is 1. The number of carboxylic acid groups (broad SMARTS) is 1. The molecule has 1 atom stereocenters. The summed E-state index contributed by atoms with van der Waals surface area (Å²) in [6.45, 7) is 1.42. The second-order valence-corrected chi connectivity index (χ2v) is 7.92. The number of pyridine rings is 1. The molecule has 8 nitrogen and oxygen atoms in total. The van der Waals surface area contributed by atoms with E-state index >= 15 is 0 Å². The van der Waals surface area contributed by atoms with Crippen LogP contribution in [0.5, 0.6) is 0 Å². The smallest absolute Gasteiger partial charge is 0.356 e. The van der Waals surface area contributed by atoms with E-state index in [0.717, 1.165) is 5.56 Å². The molecule has 176 valence electrons. The van der Waals surface area contributed by atoms with Gasteiger partial charge in [0.15, 0.2) is 6.10 Å². The second kappa shape index (κ2) is 9.64. The number of anilines is 1. The van der Waals surface area contributed by atoms with Gasteiger partial charge in [0.2, 0.25) is 0 Å². The van der Waals surface area contributed by atoms with Gasteiger partial charge in [0.1, 0.15) is 5.69 Å². The van der Waals surface area contributed by atoms with Crippen LogP contribution in [-0.2, 0) is 16.6 Å². The van der Waals surface area contributed by atoms with E-state index in [-0.39, 0.29) is 16.8 Å². The average Bonchev–Trinajstić information content (AvgIpc) is 2.86. The Bertz CT molecular complexity index is 1490. The maximum Gasteiger partial charge on any atom is 0.356 e. The number of nitrogens with zero attached hydrogens (tertiary/aromatic N) is 1. The van der Waals surface area contributed by atoms with Crippen molar-refractivity contribution in [1.82, 2.24) is 4.57 Å². The number of ether oxygens (including phenoxy) is 1. The van der Waals surface area contributed by atoms with Crippen molar-refractivity contribution in [2.75, 3.05) is 5.32 Å². The molecular formula is C27H22N2O6. The van der Waals surface area contributed by atoms with Crippen molar-refractivity contribution >= 4 is 34.3 Å². The van der Waals surface area contributed by atoms with Gasteiger partial charge in [0.05, 0.1) is 5.56 Å². The molecule has 35 heavy (non-hydrogen) atoms. The van der Waals surface area contributed by atoms with E-state index in [4.69, 9.17) is 9.84 Å². The number of aromatic carboxylic acids is 1. The predicted octanol–water partition coefficient (Wildman–Crippen LogP) is 4.09. The third-order valence-corrected chi connectivity index (χ3v) is 5.61. The maximum absolute atomic E-state index is 13.3. The molecule has 1 amide bonds. The van der Waals surface area contributed by atoms with Crippen LogP contribution < -0.4 is 10.9 Å². The van der Waals surface area contributed by atoms with Crippen LogP contribution in [0.15, 0.2) is 83.7 Å². The zero-order chi connectivity index (χ0) is 25.1. The number of carboxylic acids is 1. The molecule has 4 aromatic rings. The monoisotopic (exact) mass is 470 g/mol. The van der Waals surface area contributed by atoms with Gasteiger partial charge in [-0.3, -0.25) is 9.59 Å². The van der Waals surface area contributed by atoms with Gasteiger partial charge in [-0.05, 0) is 48.2 Å². The van der Waals surface area contributed by atoms with Gasteiger partial charge in [-0.1, -0.05) is 48.5 Å². The summed E-state index contributed by atoms with van der Waals surface area (Å²) in [6.07, 6.45) is -1.19. The van der Waals surface area contributed by atoms with Gasteiger partial charge in [-0.15, -0.1) is 0 Å². The Morgan fingerprint density at radius 1 is 0.886 bits per heavy atom. The molecule has 3 aromatic carbocycles. The van der Waals surface area contributed by atoms with Crippen molar-refractivity contribution in [2.45, 2.75) is 13.0 Å². The van der Waals surface area contributed by atoms with Gasteiger partial charge < -0.3 is 19.7 Å². The number of fused-ring (bicyclic) bond motifs is 1. The highest BCUT2D eigenvalue weighted by atomic mass is 16.5. The number of amides is 1. The third-order valence-electron chi connectivity index (χ3n) is 5.61. The molecule has 0 aliphatic heterocycles. The highest BCUT2D eigenvalue weighted by molar-refractivity contribution is 6.07. The van der Waals surface area contributed by atoms with Crippen LogP contribution in [-0.4, -0.2) is 33.6 Å². The van der Waals surface area contributed by atoms with E-state index in [9.17, 15) is 19.2 Å². The largest absolute Gasteiger partial charge is 0.478 e. The summed E-state index contributed by atoms with van der Waals surface area (Å²) in [7, 11) is 1.49. The fourth-order valence-electron chi connectivity index (χ4n) is 3.81. The summed E-state index contributed by atoms with van der Waals surface area (Å²) in [6, 6.07) is 21.8. The fraction of sp³-hybridized carbons (Fsp3) is 0.111. The Hall–Kier alpha value is -4.72. The Morgan fingerprint density at radius 2 is 1.49 bits per heavy atom. The van der Waals surface area contributed by atoms with Gasteiger partial charge in [0, 0.05) is 23.7 Å². The second-order valence-electron chi connectivity index (χ2n) is 7.92. The molecule has 0 saturated carbocycles. The van der Waals surface area contributed by atoms with E-state index in [2.05, 4.69) is 5.32 Å². The lowest BCUT2D eigenvalue weighted by Crippen LogP contribution is -2.32.